The molecule has 2 aliphatic rings. The maximum absolute atomic E-state index is 6.04. The quantitative estimate of drug-likeness (QED) is 0.784. The van der Waals surface area contributed by atoms with E-state index in [0.717, 1.165) is 25.0 Å². The molecule has 0 saturated carbocycles. The number of aryl methyl sites for hydroxylation is 2. The molecule has 0 N–H and O–H groups in total. The molecule has 1 saturated heterocycles. The van der Waals surface area contributed by atoms with E-state index in [1.165, 1.54) is 16.7 Å². The summed E-state index contributed by atoms with van der Waals surface area (Å²) in [5.41, 5.74) is 3.71. The summed E-state index contributed by atoms with van der Waals surface area (Å²) in [6, 6.07) is 4.28. The number of allylic oxidation sites excluding steroid dienone is 2. The van der Waals surface area contributed by atoms with Crippen molar-refractivity contribution in [2.45, 2.75) is 52.4 Å². The van der Waals surface area contributed by atoms with Crippen molar-refractivity contribution in [1.29, 1.82) is 0 Å². The van der Waals surface area contributed by atoms with Crippen molar-refractivity contribution in [2.24, 2.45) is 5.92 Å². The van der Waals surface area contributed by atoms with Crippen molar-refractivity contribution < 1.29 is 14.2 Å². The predicted molar refractivity (Wildman–Crippen MR) is 87.2 cm³/mol. The molecule has 3 unspecified atom stereocenters. The van der Waals surface area contributed by atoms with E-state index in [0.29, 0.717) is 19.1 Å². The van der Waals surface area contributed by atoms with Gasteiger partial charge in [0.2, 0.25) is 0 Å². The minimum Gasteiger partial charge on any atom is -0.490 e. The summed E-state index contributed by atoms with van der Waals surface area (Å²) in [5.74, 6) is 1.46. The van der Waals surface area contributed by atoms with E-state index >= 15 is 0 Å². The van der Waals surface area contributed by atoms with E-state index in [1.807, 2.05) is 0 Å². The molecule has 1 heterocycles. The van der Waals surface area contributed by atoms with Crippen molar-refractivity contribution >= 4 is 0 Å². The van der Waals surface area contributed by atoms with Gasteiger partial charge in [0.1, 0.15) is 18.5 Å². The normalized spacial score (nSPS) is 28.0. The second-order valence-electron chi connectivity index (χ2n) is 6.52. The van der Waals surface area contributed by atoms with Gasteiger partial charge >= 0.3 is 0 Å². The maximum atomic E-state index is 6.04. The van der Waals surface area contributed by atoms with Gasteiger partial charge in [0.05, 0.1) is 6.61 Å². The molecule has 0 aromatic heterocycles. The van der Waals surface area contributed by atoms with Crippen LogP contribution in [0.4, 0.5) is 0 Å². The van der Waals surface area contributed by atoms with Gasteiger partial charge < -0.3 is 14.2 Å². The first-order valence-electron chi connectivity index (χ1n) is 8.26. The Morgan fingerprint density at radius 3 is 2.82 bits per heavy atom. The zero-order chi connectivity index (χ0) is 15.5. The van der Waals surface area contributed by atoms with Crippen molar-refractivity contribution in [3.8, 4) is 5.75 Å². The van der Waals surface area contributed by atoms with Crippen LogP contribution in [0.2, 0.25) is 0 Å². The Kier molecular flexibility index (Phi) is 4.84. The smallest absolute Gasteiger partial charge is 0.161 e. The van der Waals surface area contributed by atoms with Crippen LogP contribution < -0.4 is 4.74 Å². The topological polar surface area (TPSA) is 27.7 Å². The van der Waals surface area contributed by atoms with Crippen molar-refractivity contribution in [3.63, 3.8) is 0 Å². The molecule has 3 nitrogen and oxygen atoms in total. The first-order chi connectivity index (χ1) is 10.6. The van der Waals surface area contributed by atoms with E-state index in [-0.39, 0.29) is 12.4 Å². The molecule has 0 radical (unpaired) electrons. The zero-order valence-corrected chi connectivity index (χ0v) is 13.8. The fourth-order valence-corrected chi connectivity index (χ4v) is 3.20. The van der Waals surface area contributed by atoms with Crippen LogP contribution >= 0.6 is 0 Å². The summed E-state index contributed by atoms with van der Waals surface area (Å²) in [5, 5.41) is 0. The Bertz CT molecular complexity index is 550. The van der Waals surface area contributed by atoms with Crippen LogP contribution in [0, 0.1) is 26.7 Å². The predicted octanol–water partition coefficient (Wildman–Crippen LogP) is 4.09. The van der Waals surface area contributed by atoms with E-state index < -0.39 is 0 Å². The largest absolute Gasteiger partial charge is 0.490 e. The first-order valence-corrected chi connectivity index (χ1v) is 8.26. The second kappa shape index (κ2) is 6.84. The van der Waals surface area contributed by atoms with Crippen molar-refractivity contribution in [1.82, 2.24) is 0 Å². The molecule has 1 aliphatic carbocycles. The lowest BCUT2D eigenvalue weighted by Gasteiger charge is -2.23. The number of benzene rings is 1. The average molecular weight is 302 g/mol. The molecule has 1 aromatic carbocycles. The highest BCUT2D eigenvalue weighted by atomic mass is 16.7. The van der Waals surface area contributed by atoms with Crippen LogP contribution in [0.5, 0.6) is 5.75 Å². The van der Waals surface area contributed by atoms with Gasteiger partial charge in [-0.3, -0.25) is 0 Å². The third-order valence-corrected chi connectivity index (χ3v) is 4.66. The molecular formula is C19H26O3. The van der Waals surface area contributed by atoms with Crippen molar-refractivity contribution in [3.05, 3.63) is 41.0 Å². The van der Waals surface area contributed by atoms with Gasteiger partial charge in [0, 0.05) is 5.92 Å². The van der Waals surface area contributed by atoms with E-state index in [4.69, 9.17) is 14.2 Å². The van der Waals surface area contributed by atoms with Gasteiger partial charge in [-0.1, -0.05) is 18.2 Å². The summed E-state index contributed by atoms with van der Waals surface area (Å²) < 4.78 is 17.9. The molecule has 120 valence electrons. The summed E-state index contributed by atoms with van der Waals surface area (Å²) in [6.07, 6.45) is 7.82. The number of hydrogen-bond donors (Lipinski definition) is 0. The number of rotatable bonds is 4. The van der Waals surface area contributed by atoms with Gasteiger partial charge in [0.15, 0.2) is 6.29 Å². The molecular weight excluding hydrogens is 276 g/mol. The highest BCUT2D eigenvalue weighted by Gasteiger charge is 2.32. The Morgan fingerprint density at radius 2 is 2.05 bits per heavy atom. The van der Waals surface area contributed by atoms with Crippen LogP contribution in [0.3, 0.4) is 0 Å². The minimum absolute atomic E-state index is 0.0381. The molecule has 0 amide bonds. The number of ether oxygens (including phenoxy) is 3. The zero-order valence-electron chi connectivity index (χ0n) is 13.8. The second-order valence-corrected chi connectivity index (χ2v) is 6.52. The lowest BCUT2D eigenvalue weighted by Crippen LogP contribution is -2.25. The molecule has 22 heavy (non-hydrogen) atoms. The summed E-state index contributed by atoms with van der Waals surface area (Å²) in [7, 11) is 0. The van der Waals surface area contributed by atoms with E-state index in [9.17, 15) is 0 Å². The van der Waals surface area contributed by atoms with Crippen LogP contribution in [0.1, 0.15) is 36.0 Å². The third-order valence-electron chi connectivity index (χ3n) is 4.66. The van der Waals surface area contributed by atoms with Gasteiger partial charge in [-0.05, 0) is 62.8 Å². The molecule has 3 rings (SSSR count). The highest BCUT2D eigenvalue weighted by Crippen LogP contribution is 2.29. The molecule has 3 atom stereocenters. The van der Waals surface area contributed by atoms with Gasteiger partial charge in [-0.2, -0.15) is 0 Å². The molecule has 0 bridgehead atoms. The highest BCUT2D eigenvalue weighted by molar-refractivity contribution is 5.41. The van der Waals surface area contributed by atoms with Crippen LogP contribution in [0.15, 0.2) is 24.3 Å². The lowest BCUT2D eigenvalue weighted by molar-refractivity contribution is -0.102. The van der Waals surface area contributed by atoms with E-state index in [1.54, 1.807) is 0 Å². The number of hydrogen-bond acceptors (Lipinski definition) is 3. The van der Waals surface area contributed by atoms with Gasteiger partial charge in [-0.25, -0.2) is 0 Å². The summed E-state index contributed by atoms with van der Waals surface area (Å²) in [6.45, 7) is 7.52. The fraction of sp³-hybridized carbons (Fsp3) is 0.579. The Balaban J connectivity index is 1.54. The lowest BCUT2D eigenvalue weighted by atomic mass is 9.94. The SMILES string of the molecule is Cc1cc(C)c(C)c(OCC2COC(C3CC=CCC3)O2)c1. The van der Waals surface area contributed by atoms with Crippen LogP contribution in [0.25, 0.3) is 0 Å². The van der Waals surface area contributed by atoms with Crippen LogP contribution in [-0.4, -0.2) is 25.6 Å². The van der Waals surface area contributed by atoms with Crippen LogP contribution in [-0.2, 0) is 9.47 Å². The maximum Gasteiger partial charge on any atom is 0.161 e. The molecule has 0 spiro atoms. The van der Waals surface area contributed by atoms with Crippen molar-refractivity contribution in [2.75, 3.05) is 13.2 Å². The first kappa shape index (κ1) is 15.6. The fourth-order valence-electron chi connectivity index (χ4n) is 3.20. The molecule has 1 fully saturated rings. The average Bonchev–Trinajstić information content (AvgIpc) is 2.99. The Morgan fingerprint density at radius 1 is 1.18 bits per heavy atom. The van der Waals surface area contributed by atoms with Gasteiger partial charge in [-0.15, -0.1) is 0 Å². The minimum atomic E-state index is -0.0566. The standard InChI is InChI=1S/C19H26O3/c1-13-9-14(2)15(3)18(10-13)20-11-17-12-21-19(22-17)16-7-5-4-6-8-16/h4-5,9-10,16-17,19H,6-8,11-12H2,1-3H3. The molecule has 1 aromatic rings. The third kappa shape index (κ3) is 3.53. The molecule has 3 heteroatoms. The Hall–Kier alpha value is -1.32. The summed E-state index contributed by atoms with van der Waals surface area (Å²) in [4.78, 5) is 0. The monoisotopic (exact) mass is 302 g/mol. The summed E-state index contributed by atoms with van der Waals surface area (Å²) >= 11 is 0. The Labute approximate surface area is 133 Å². The van der Waals surface area contributed by atoms with E-state index in [2.05, 4.69) is 45.1 Å². The molecule has 1 aliphatic heterocycles. The van der Waals surface area contributed by atoms with Gasteiger partial charge in [0.25, 0.3) is 0 Å².